The van der Waals surface area contributed by atoms with E-state index in [1.807, 2.05) is 9.80 Å². The molecule has 114 valence electrons. The zero-order valence-electron chi connectivity index (χ0n) is 12.7. The third-order valence-electron chi connectivity index (χ3n) is 4.52. The highest BCUT2D eigenvalue weighted by Gasteiger charge is 2.38. The van der Waals surface area contributed by atoms with E-state index in [4.69, 9.17) is 5.73 Å². The van der Waals surface area contributed by atoms with Crippen molar-refractivity contribution in [1.29, 1.82) is 0 Å². The fraction of sp³-hybridized carbons (Fsp3) is 0.867. The van der Waals surface area contributed by atoms with Crippen molar-refractivity contribution < 1.29 is 9.59 Å². The summed E-state index contributed by atoms with van der Waals surface area (Å²) in [4.78, 5) is 28.3. The molecule has 3 atom stereocenters. The first-order valence-corrected chi connectivity index (χ1v) is 7.86. The molecule has 0 spiro atoms. The molecule has 0 saturated carbocycles. The summed E-state index contributed by atoms with van der Waals surface area (Å²) < 4.78 is 0. The van der Waals surface area contributed by atoms with E-state index in [0.717, 1.165) is 32.2 Å². The zero-order chi connectivity index (χ0) is 14.7. The lowest BCUT2D eigenvalue weighted by Crippen LogP contribution is -2.48. The first-order valence-electron chi connectivity index (χ1n) is 7.86. The molecule has 0 aliphatic carbocycles. The fourth-order valence-electron chi connectivity index (χ4n) is 3.36. The van der Waals surface area contributed by atoms with Crippen LogP contribution in [0.25, 0.3) is 0 Å². The van der Waals surface area contributed by atoms with E-state index < -0.39 is 0 Å². The van der Waals surface area contributed by atoms with Crippen LogP contribution in [0.15, 0.2) is 0 Å². The van der Waals surface area contributed by atoms with Crippen molar-refractivity contribution in [3.05, 3.63) is 0 Å². The van der Waals surface area contributed by atoms with Crippen LogP contribution >= 0.6 is 0 Å². The summed E-state index contributed by atoms with van der Waals surface area (Å²) in [7, 11) is 0. The molecule has 2 heterocycles. The average Bonchev–Trinajstić information content (AvgIpc) is 2.80. The fourth-order valence-corrected chi connectivity index (χ4v) is 3.36. The average molecular weight is 281 g/mol. The number of carbonyl (C=O) groups is 2. The van der Waals surface area contributed by atoms with E-state index in [-0.39, 0.29) is 29.8 Å². The van der Waals surface area contributed by atoms with Crippen molar-refractivity contribution in [2.24, 2.45) is 11.7 Å². The van der Waals surface area contributed by atoms with Gasteiger partial charge in [-0.2, -0.15) is 0 Å². The molecular formula is C15H27N3O2. The molecule has 5 nitrogen and oxygen atoms in total. The van der Waals surface area contributed by atoms with Gasteiger partial charge in [0.05, 0.1) is 5.92 Å². The van der Waals surface area contributed by atoms with Crippen molar-refractivity contribution in [2.45, 2.75) is 58.0 Å². The SMILES string of the molecule is CCCC(C)N1CC(C(=O)N2CCCC(N)C2)CC1=O. The van der Waals surface area contributed by atoms with Crippen LogP contribution in [0.2, 0.25) is 0 Å². The number of rotatable bonds is 4. The normalized spacial score (nSPS) is 28.9. The quantitative estimate of drug-likeness (QED) is 0.835. The Hall–Kier alpha value is -1.10. The third kappa shape index (κ3) is 3.32. The van der Waals surface area contributed by atoms with Crippen molar-refractivity contribution >= 4 is 11.8 Å². The summed E-state index contributed by atoms with van der Waals surface area (Å²) >= 11 is 0. The summed E-state index contributed by atoms with van der Waals surface area (Å²) in [6, 6.07) is 0.342. The highest BCUT2D eigenvalue weighted by molar-refractivity contribution is 5.89. The molecule has 20 heavy (non-hydrogen) atoms. The Kier molecular flexibility index (Phi) is 5.02. The number of nitrogens with two attached hydrogens (primary N) is 1. The summed E-state index contributed by atoms with van der Waals surface area (Å²) in [5.41, 5.74) is 5.93. The van der Waals surface area contributed by atoms with Crippen molar-refractivity contribution in [3.8, 4) is 0 Å². The van der Waals surface area contributed by atoms with Gasteiger partial charge in [0.2, 0.25) is 11.8 Å². The minimum Gasteiger partial charge on any atom is -0.341 e. The van der Waals surface area contributed by atoms with E-state index in [1.165, 1.54) is 0 Å². The third-order valence-corrected chi connectivity index (χ3v) is 4.52. The minimum absolute atomic E-state index is 0.0972. The molecule has 2 aliphatic rings. The predicted octanol–water partition coefficient (Wildman–Crippen LogP) is 0.973. The van der Waals surface area contributed by atoms with Gasteiger partial charge in [0.25, 0.3) is 0 Å². The van der Waals surface area contributed by atoms with Gasteiger partial charge in [-0.1, -0.05) is 13.3 Å². The summed E-state index contributed by atoms with van der Waals surface area (Å²) in [6.07, 6.45) is 4.40. The van der Waals surface area contributed by atoms with Gasteiger partial charge in [0.1, 0.15) is 0 Å². The Balaban J connectivity index is 1.93. The standard InChI is InChI=1S/C15H27N3O2/c1-3-5-11(2)18-9-12(8-14(18)19)15(20)17-7-4-6-13(16)10-17/h11-13H,3-10,16H2,1-2H3. The largest absolute Gasteiger partial charge is 0.341 e. The van der Waals surface area contributed by atoms with E-state index in [1.54, 1.807) is 0 Å². The Morgan fingerprint density at radius 1 is 1.45 bits per heavy atom. The van der Waals surface area contributed by atoms with Gasteiger partial charge in [-0.25, -0.2) is 0 Å². The molecule has 0 aromatic carbocycles. The highest BCUT2D eigenvalue weighted by atomic mass is 16.2. The Labute approximate surface area is 121 Å². The lowest BCUT2D eigenvalue weighted by atomic mass is 10.0. The monoisotopic (exact) mass is 281 g/mol. The summed E-state index contributed by atoms with van der Waals surface area (Å²) in [6.45, 7) is 6.22. The zero-order valence-corrected chi connectivity index (χ0v) is 12.7. The van der Waals surface area contributed by atoms with Gasteiger partial charge in [0.15, 0.2) is 0 Å². The number of likely N-dealkylation sites (tertiary alicyclic amines) is 2. The summed E-state index contributed by atoms with van der Waals surface area (Å²) in [5, 5.41) is 0. The van der Waals surface area contributed by atoms with Crippen LogP contribution in [-0.4, -0.2) is 53.3 Å². The molecule has 0 bridgehead atoms. The van der Waals surface area contributed by atoms with E-state index in [0.29, 0.717) is 19.5 Å². The molecule has 2 amide bonds. The van der Waals surface area contributed by atoms with Gasteiger partial charge < -0.3 is 15.5 Å². The molecule has 0 aromatic rings. The summed E-state index contributed by atoms with van der Waals surface area (Å²) in [5.74, 6) is 0.0948. The molecule has 0 radical (unpaired) electrons. The number of hydrogen-bond donors (Lipinski definition) is 1. The smallest absolute Gasteiger partial charge is 0.228 e. The molecule has 2 saturated heterocycles. The minimum atomic E-state index is -0.160. The van der Waals surface area contributed by atoms with Crippen LogP contribution in [0.5, 0.6) is 0 Å². The maximum absolute atomic E-state index is 12.5. The second-order valence-electron chi connectivity index (χ2n) is 6.27. The first kappa shape index (κ1) is 15.3. The molecule has 0 aromatic heterocycles. The van der Waals surface area contributed by atoms with E-state index in [2.05, 4.69) is 13.8 Å². The first-order chi connectivity index (χ1) is 9.52. The van der Waals surface area contributed by atoms with Crippen LogP contribution in [-0.2, 0) is 9.59 Å². The molecule has 2 rings (SSSR count). The molecule has 2 N–H and O–H groups in total. The number of piperidine rings is 1. The van der Waals surface area contributed by atoms with Crippen LogP contribution in [0.3, 0.4) is 0 Å². The number of nitrogens with zero attached hydrogens (tertiary/aromatic N) is 2. The maximum Gasteiger partial charge on any atom is 0.228 e. The molecule has 5 heteroatoms. The van der Waals surface area contributed by atoms with Gasteiger partial charge in [0, 0.05) is 38.1 Å². The van der Waals surface area contributed by atoms with Crippen LogP contribution in [0.4, 0.5) is 0 Å². The second-order valence-corrected chi connectivity index (χ2v) is 6.27. The molecule has 2 fully saturated rings. The van der Waals surface area contributed by atoms with Crippen LogP contribution in [0.1, 0.15) is 46.0 Å². The van der Waals surface area contributed by atoms with Crippen molar-refractivity contribution in [2.75, 3.05) is 19.6 Å². The van der Waals surface area contributed by atoms with E-state index >= 15 is 0 Å². The molecule has 3 unspecified atom stereocenters. The Bertz CT molecular complexity index is 372. The van der Waals surface area contributed by atoms with Crippen LogP contribution in [0, 0.1) is 5.92 Å². The maximum atomic E-state index is 12.5. The predicted molar refractivity (Wildman–Crippen MR) is 78.0 cm³/mol. The van der Waals surface area contributed by atoms with Gasteiger partial charge in [-0.3, -0.25) is 9.59 Å². The van der Waals surface area contributed by atoms with Gasteiger partial charge in [-0.15, -0.1) is 0 Å². The molecular weight excluding hydrogens is 254 g/mol. The van der Waals surface area contributed by atoms with Crippen LogP contribution < -0.4 is 5.73 Å². The molecule has 2 aliphatic heterocycles. The number of hydrogen-bond acceptors (Lipinski definition) is 3. The lowest BCUT2D eigenvalue weighted by molar-refractivity contribution is -0.137. The van der Waals surface area contributed by atoms with E-state index in [9.17, 15) is 9.59 Å². The number of amides is 2. The Morgan fingerprint density at radius 2 is 2.20 bits per heavy atom. The lowest BCUT2D eigenvalue weighted by Gasteiger charge is -2.32. The van der Waals surface area contributed by atoms with Gasteiger partial charge in [-0.05, 0) is 26.2 Å². The van der Waals surface area contributed by atoms with Crippen molar-refractivity contribution in [3.63, 3.8) is 0 Å². The number of carbonyl (C=O) groups excluding carboxylic acids is 2. The van der Waals surface area contributed by atoms with Crippen molar-refractivity contribution in [1.82, 2.24) is 9.80 Å². The second kappa shape index (κ2) is 6.57. The van der Waals surface area contributed by atoms with Gasteiger partial charge >= 0.3 is 0 Å². The highest BCUT2D eigenvalue weighted by Crippen LogP contribution is 2.24. The Morgan fingerprint density at radius 3 is 2.85 bits per heavy atom. The topological polar surface area (TPSA) is 66.6 Å².